The molecular formula is C16H25N3O4S. The number of amides is 1. The van der Waals surface area contributed by atoms with Crippen LogP contribution in [-0.2, 0) is 19.6 Å². The molecule has 2 rings (SSSR count). The number of anilines is 1. The molecule has 0 aromatic heterocycles. The summed E-state index contributed by atoms with van der Waals surface area (Å²) in [6.45, 7) is 3.52. The molecule has 1 aromatic rings. The van der Waals surface area contributed by atoms with Crippen LogP contribution >= 0.6 is 0 Å². The third kappa shape index (κ3) is 5.01. The van der Waals surface area contributed by atoms with E-state index in [9.17, 15) is 13.2 Å². The Kier molecular flexibility index (Phi) is 6.73. The SMILES string of the molecule is CC(=O)Nc1ccc(S(=O)(=O)N2CCC(OCCCN)CC2)cc1. The summed E-state index contributed by atoms with van der Waals surface area (Å²) in [6.07, 6.45) is 2.30. The van der Waals surface area contributed by atoms with Gasteiger partial charge in [0.1, 0.15) is 0 Å². The molecule has 0 bridgehead atoms. The molecule has 1 heterocycles. The Hall–Kier alpha value is -1.48. The number of benzene rings is 1. The Labute approximate surface area is 143 Å². The second kappa shape index (κ2) is 8.57. The molecule has 0 spiro atoms. The topological polar surface area (TPSA) is 102 Å². The maximum Gasteiger partial charge on any atom is 0.243 e. The van der Waals surface area contributed by atoms with Crippen molar-refractivity contribution in [1.82, 2.24) is 4.31 Å². The van der Waals surface area contributed by atoms with Crippen molar-refractivity contribution < 1.29 is 17.9 Å². The zero-order valence-corrected chi connectivity index (χ0v) is 14.7. The number of ether oxygens (including phenoxy) is 1. The molecule has 1 amide bonds. The first-order valence-electron chi connectivity index (χ1n) is 8.13. The van der Waals surface area contributed by atoms with Gasteiger partial charge in [-0.25, -0.2) is 8.42 Å². The monoisotopic (exact) mass is 355 g/mol. The van der Waals surface area contributed by atoms with Crippen LogP contribution in [0.5, 0.6) is 0 Å². The predicted molar refractivity (Wildman–Crippen MR) is 92.1 cm³/mol. The van der Waals surface area contributed by atoms with Crippen LogP contribution in [0.15, 0.2) is 29.2 Å². The molecule has 0 aliphatic carbocycles. The summed E-state index contributed by atoms with van der Waals surface area (Å²) < 4.78 is 32.5. The van der Waals surface area contributed by atoms with Crippen LogP contribution in [0.1, 0.15) is 26.2 Å². The lowest BCUT2D eigenvalue weighted by Gasteiger charge is -2.31. The Morgan fingerprint density at radius 3 is 2.46 bits per heavy atom. The molecule has 8 heteroatoms. The van der Waals surface area contributed by atoms with E-state index in [1.54, 1.807) is 12.1 Å². The number of sulfonamides is 1. The van der Waals surface area contributed by atoms with Crippen molar-refractivity contribution in [2.24, 2.45) is 5.73 Å². The fraction of sp³-hybridized carbons (Fsp3) is 0.562. The number of nitrogens with one attached hydrogen (secondary N) is 1. The van der Waals surface area contributed by atoms with Crippen molar-refractivity contribution in [1.29, 1.82) is 0 Å². The molecule has 0 atom stereocenters. The highest BCUT2D eigenvalue weighted by Crippen LogP contribution is 2.23. The van der Waals surface area contributed by atoms with Crippen LogP contribution in [-0.4, -0.2) is 51.0 Å². The summed E-state index contributed by atoms with van der Waals surface area (Å²) in [5, 5.41) is 2.62. The number of carbonyl (C=O) groups excluding carboxylic acids is 1. The van der Waals surface area contributed by atoms with Crippen molar-refractivity contribution in [3.63, 3.8) is 0 Å². The van der Waals surface area contributed by atoms with Crippen LogP contribution in [0.25, 0.3) is 0 Å². The van der Waals surface area contributed by atoms with Gasteiger partial charge in [-0.05, 0) is 50.1 Å². The van der Waals surface area contributed by atoms with E-state index in [0.29, 0.717) is 44.8 Å². The van der Waals surface area contributed by atoms with E-state index in [-0.39, 0.29) is 16.9 Å². The molecule has 3 N–H and O–H groups in total. The first-order valence-corrected chi connectivity index (χ1v) is 9.57. The molecule has 0 saturated carbocycles. The number of nitrogens with zero attached hydrogens (tertiary/aromatic N) is 1. The fourth-order valence-electron chi connectivity index (χ4n) is 2.64. The first kappa shape index (κ1) is 18.9. The summed E-state index contributed by atoms with van der Waals surface area (Å²) >= 11 is 0. The second-order valence-electron chi connectivity index (χ2n) is 5.82. The highest BCUT2D eigenvalue weighted by Gasteiger charge is 2.29. The third-order valence-electron chi connectivity index (χ3n) is 3.92. The molecule has 0 radical (unpaired) electrons. The Morgan fingerprint density at radius 1 is 1.29 bits per heavy atom. The van der Waals surface area contributed by atoms with Gasteiger partial charge in [0.2, 0.25) is 15.9 Å². The highest BCUT2D eigenvalue weighted by molar-refractivity contribution is 7.89. The normalized spacial score (nSPS) is 16.9. The number of nitrogens with two attached hydrogens (primary N) is 1. The second-order valence-corrected chi connectivity index (χ2v) is 7.76. The van der Waals surface area contributed by atoms with Gasteiger partial charge in [0.15, 0.2) is 0 Å². The lowest BCUT2D eigenvalue weighted by Crippen LogP contribution is -2.41. The van der Waals surface area contributed by atoms with E-state index in [1.165, 1.54) is 23.4 Å². The van der Waals surface area contributed by atoms with Gasteiger partial charge in [-0.3, -0.25) is 4.79 Å². The number of rotatable bonds is 7. The van der Waals surface area contributed by atoms with Crippen LogP contribution in [0, 0.1) is 0 Å². The lowest BCUT2D eigenvalue weighted by molar-refractivity contribution is -0.114. The summed E-state index contributed by atoms with van der Waals surface area (Å²) in [7, 11) is -3.51. The molecule has 1 aromatic carbocycles. The Morgan fingerprint density at radius 2 is 1.92 bits per heavy atom. The predicted octanol–water partition coefficient (Wildman–Crippen LogP) is 1.16. The maximum atomic E-state index is 12.7. The van der Waals surface area contributed by atoms with Gasteiger partial charge in [-0.15, -0.1) is 0 Å². The minimum absolute atomic E-state index is 0.102. The largest absolute Gasteiger partial charge is 0.378 e. The van der Waals surface area contributed by atoms with Crippen molar-refractivity contribution in [2.45, 2.75) is 37.2 Å². The Balaban J connectivity index is 1.95. The van der Waals surface area contributed by atoms with Crippen molar-refractivity contribution in [3.05, 3.63) is 24.3 Å². The standard InChI is InChI=1S/C16H25N3O4S/c1-13(20)18-14-3-5-16(6-4-14)24(21,22)19-10-7-15(8-11-19)23-12-2-9-17/h3-6,15H,2,7-12,17H2,1H3,(H,18,20). The molecule has 1 aliphatic rings. The zero-order valence-electron chi connectivity index (χ0n) is 13.9. The van der Waals surface area contributed by atoms with Crippen molar-refractivity contribution >= 4 is 21.6 Å². The van der Waals surface area contributed by atoms with Gasteiger partial charge in [-0.2, -0.15) is 4.31 Å². The molecule has 134 valence electrons. The molecule has 7 nitrogen and oxygen atoms in total. The van der Waals surface area contributed by atoms with Gasteiger partial charge in [0.05, 0.1) is 11.0 Å². The average Bonchev–Trinajstić information content (AvgIpc) is 2.55. The summed E-state index contributed by atoms with van der Waals surface area (Å²) in [5.41, 5.74) is 6.01. The van der Waals surface area contributed by atoms with E-state index >= 15 is 0 Å². The van der Waals surface area contributed by atoms with Gasteiger partial charge in [0, 0.05) is 32.3 Å². The maximum absolute atomic E-state index is 12.7. The van der Waals surface area contributed by atoms with E-state index in [0.717, 1.165) is 6.42 Å². The van der Waals surface area contributed by atoms with Crippen LogP contribution in [0.4, 0.5) is 5.69 Å². The smallest absolute Gasteiger partial charge is 0.243 e. The van der Waals surface area contributed by atoms with Crippen LogP contribution in [0.2, 0.25) is 0 Å². The lowest BCUT2D eigenvalue weighted by atomic mass is 10.1. The summed E-state index contributed by atoms with van der Waals surface area (Å²) in [4.78, 5) is 11.2. The number of piperidine rings is 1. The number of hydrogen-bond acceptors (Lipinski definition) is 5. The highest BCUT2D eigenvalue weighted by atomic mass is 32.2. The molecule has 0 unspecified atom stereocenters. The molecule has 24 heavy (non-hydrogen) atoms. The Bertz CT molecular complexity index is 638. The molecule has 1 fully saturated rings. The molecule has 1 aliphatic heterocycles. The van der Waals surface area contributed by atoms with Gasteiger partial charge in [-0.1, -0.05) is 0 Å². The van der Waals surface area contributed by atoms with E-state index < -0.39 is 10.0 Å². The minimum Gasteiger partial charge on any atom is -0.378 e. The average molecular weight is 355 g/mol. The van der Waals surface area contributed by atoms with E-state index in [4.69, 9.17) is 10.5 Å². The molecular weight excluding hydrogens is 330 g/mol. The van der Waals surface area contributed by atoms with Gasteiger partial charge < -0.3 is 15.8 Å². The number of hydrogen-bond donors (Lipinski definition) is 2. The summed E-state index contributed by atoms with van der Waals surface area (Å²) in [6, 6.07) is 6.23. The van der Waals surface area contributed by atoms with Crippen LogP contribution < -0.4 is 11.1 Å². The summed E-state index contributed by atoms with van der Waals surface area (Å²) in [5.74, 6) is -0.192. The number of carbonyl (C=O) groups is 1. The first-order chi connectivity index (χ1) is 11.4. The van der Waals surface area contributed by atoms with Crippen molar-refractivity contribution in [2.75, 3.05) is 31.6 Å². The quantitative estimate of drug-likeness (QED) is 0.715. The fourth-order valence-corrected chi connectivity index (χ4v) is 4.10. The van der Waals surface area contributed by atoms with Gasteiger partial charge in [0.25, 0.3) is 0 Å². The molecule has 1 saturated heterocycles. The van der Waals surface area contributed by atoms with Crippen molar-refractivity contribution in [3.8, 4) is 0 Å². The van der Waals surface area contributed by atoms with E-state index in [2.05, 4.69) is 5.32 Å². The van der Waals surface area contributed by atoms with Gasteiger partial charge >= 0.3 is 0 Å². The van der Waals surface area contributed by atoms with E-state index in [1.807, 2.05) is 0 Å². The minimum atomic E-state index is -3.51. The third-order valence-corrected chi connectivity index (χ3v) is 5.83. The van der Waals surface area contributed by atoms with Crippen LogP contribution in [0.3, 0.4) is 0 Å². The zero-order chi connectivity index (χ0) is 17.6.